The molecule has 0 aliphatic heterocycles. The van der Waals surface area contributed by atoms with E-state index in [2.05, 4.69) is 15.0 Å². The third kappa shape index (κ3) is 4.30. The molecule has 0 spiro atoms. The van der Waals surface area contributed by atoms with Crippen LogP contribution in [0.4, 0.5) is 5.69 Å². The van der Waals surface area contributed by atoms with Crippen molar-refractivity contribution in [3.8, 4) is 0 Å². The molecule has 1 aromatic rings. The van der Waals surface area contributed by atoms with E-state index in [1.54, 1.807) is 6.92 Å². The second-order valence-corrected chi connectivity index (χ2v) is 5.46. The number of aromatic nitrogens is 1. The fraction of sp³-hybridized carbons (Fsp3) is 0.400. The largest absolute Gasteiger partial charge is 0.398 e. The number of hydrogen-bond acceptors (Lipinski definition) is 5. The molecule has 4 N–H and O–H groups in total. The molecular weight excluding hydrogens is 256 g/mol. The Morgan fingerprint density at radius 1 is 1.50 bits per heavy atom. The van der Waals surface area contributed by atoms with Gasteiger partial charge in [0, 0.05) is 31.2 Å². The summed E-state index contributed by atoms with van der Waals surface area (Å²) in [7, 11) is -3.33. The summed E-state index contributed by atoms with van der Waals surface area (Å²) in [6.45, 7) is 2.03. The van der Waals surface area contributed by atoms with Crippen LogP contribution in [0.2, 0.25) is 0 Å². The summed E-state index contributed by atoms with van der Waals surface area (Å²) in [6.07, 6.45) is 2.81. The predicted octanol–water partition coefficient (Wildman–Crippen LogP) is -0.667. The van der Waals surface area contributed by atoms with Crippen LogP contribution in [0.1, 0.15) is 17.3 Å². The number of anilines is 1. The molecule has 8 heteroatoms. The molecular formula is C10H16N4O3S. The minimum Gasteiger partial charge on any atom is -0.398 e. The number of nitrogens with zero attached hydrogens (tertiary/aromatic N) is 1. The Labute approximate surface area is 106 Å². The van der Waals surface area contributed by atoms with Gasteiger partial charge < -0.3 is 11.1 Å². The molecule has 1 rings (SSSR count). The third-order valence-electron chi connectivity index (χ3n) is 2.12. The minimum atomic E-state index is -3.33. The number of amides is 1. The maximum atomic E-state index is 11.7. The third-order valence-corrected chi connectivity index (χ3v) is 3.59. The summed E-state index contributed by atoms with van der Waals surface area (Å²) in [4.78, 5) is 15.4. The summed E-state index contributed by atoms with van der Waals surface area (Å²) >= 11 is 0. The molecule has 1 aromatic heterocycles. The molecule has 100 valence electrons. The molecule has 0 aromatic carbocycles. The van der Waals surface area contributed by atoms with Crippen LogP contribution < -0.4 is 15.8 Å². The molecule has 0 saturated carbocycles. The van der Waals surface area contributed by atoms with Crippen molar-refractivity contribution >= 4 is 21.6 Å². The minimum absolute atomic E-state index is 0.0164. The monoisotopic (exact) mass is 272 g/mol. The van der Waals surface area contributed by atoms with Crippen molar-refractivity contribution in [3.63, 3.8) is 0 Å². The molecule has 0 saturated heterocycles. The first-order chi connectivity index (χ1) is 8.46. The Balaban J connectivity index is 2.51. The Morgan fingerprint density at radius 3 is 2.83 bits per heavy atom. The van der Waals surface area contributed by atoms with Gasteiger partial charge in [-0.05, 0) is 6.07 Å². The van der Waals surface area contributed by atoms with E-state index >= 15 is 0 Å². The fourth-order valence-corrected chi connectivity index (χ4v) is 2.24. The highest BCUT2D eigenvalue weighted by atomic mass is 32.2. The molecule has 1 amide bonds. The van der Waals surface area contributed by atoms with Crippen LogP contribution in [0.5, 0.6) is 0 Å². The topological polar surface area (TPSA) is 114 Å². The number of nitrogen functional groups attached to an aromatic ring is 1. The Bertz CT molecular complexity index is 516. The van der Waals surface area contributed by atoms with E-state index in [1.165, 1.54) is 18.5 Å². The Morgan fingerprint density at radius 2 is 2.22 bits per heavy atom. The predicted molar refractivity (Wildman–Crippen MR) is 68.4 cm³/mol. The van der Waals surface area contributed by atoms with Crippen LogP contribution in [0.15, 0.2) is 18.5 Å². The summed E-state index contributed by atoms with van der Waals surface area (Å²) in [5.41, 5.74) is 6.13. The highest BCUT2D eigenvalue weighted by Crippen LogP contribution is 2.07. The van der Waals surface area contributed by atoms with E-state index in [-0.39, 0.29) is 17.9 Å². The number of pyridine rings is 1. The van der Waals surface area contributed by atoms with E-state index in [9.17, 15) is 13.2 Å². The molecule has 1 heterocycles. The fourth-order valence-electron chi connectivity index (χ4n) is 1.28. The van der Waals surface area contributed by atoms with Gasteiger partial charge in [-0.2, -0.15) is 0 Å². The van der Waals surface area contributed by atoms with Crippen molar-refractivity contribution in [2.75, 3.05) is 24.6 Å². The van der Waals surface area contributed by atoms with E-state index in [0.29, 0.717) is 12.2 Å². The lowest BCUT2D eigenvalue weighted by Gasteiger charge is -2.07. The highest BCUT2D eigenvalue weighted by Gasteiger charge is 2.12. The zero-order chi connectivity index (χ0) is 13.6. The van der Waals surface area contributed by atoms with Crippen molar-refractivity contribution in [3.05, 3.63) is 24.0 Å². The van der Waals surface area contributed by atoms with Gasteiger partial charge in [-0.1, -0.05) is 6.92 Å². The van der Waals surface area contributed by atoms with E-state index in [1.807, 2.05) is 0 Å². The molecule has 0 aliphatic rings. The second-order valence-electron chi connectivity index (χ2n) is 3.54. The van der Waals surface area contributed by atoms with Crippen molar-refractivity contribution in [2.24, 2.45) is 0 Å². The molecule has 0 atom stereocenters. The average Bonchev–Trinajstić information content (AvgIpc) is 2.29. The summed E-state index contributed by atoms with van der Waals surface area (Å²) in [6, 6.07) is 1.50. The number of nitrogens with two attached hydrogens (primary N) is 1. The zero-order valence-corrected chi connectivity index (χ0v) is 10.8. The second kappa shape index (κ2) is 6.31. The highest BCUT2D eigenvalue weighted by molar-refractivity contribution is 7.89. The molecule has 0 fully saturated rings. The van der Waals surface area contributed by atoms with Gasteiger partial charge in [0.05, 0.1) is 11.3 Å². The first kappa shape index (κ1) is 14.4. The summed E-state index contributed by atoms with van der Waals surface area (Å²) < 4.78 is 25.0. The van der Waals surface area contributed by atoms with Crippen LogP contribution in [-0.4, -0.2) is 38.2 Å². The van der Waals surface area contributed by atoms with Crippen molar-refractivity contribution in [2.45, 2.75) is 6.92 Å². The van der Waals surface area contributed by atoms with E-state index in [0.717, 1.165) is 0 Å². The number of sulfonamides is 1. The Kier molecular flexibility index (Phi) is 5.05. The number of carbonyl (C=O) groups is 1. The first-order valence-electron chi connectivity index (χ1n) is 5.41. The number of carbonyl (C=O) groups excluding carboxylic acids is 1. The van der Waals surface area contributed by atoms with Crippen molar-refractivity contribution in [1.29, 1.82) is 0 Å². The number of rotatable bonds is 6. The van der Waals surface area contributed by atoms with Crippen molar-refractivity contribution in [1.82, 2.24) is 15.0 Å². The Hall–Kier alpha value is -1.67. The smallest absolute Gasteiger partial charge is 0.254 e. The van der Waals surface area contributed by atoms with Gasteiger partial charge in [0.25, 0.3) is 5.91 Å². The maximum absolute atomic E-state index is 11.7. The SMILES string of the molecule is CCNS(=O)(=O)CCNC(=O)c1cnccc1N. The molecule has 7 nitrogen and oxygen atoms in total. The van der Waals surface area contributed by atoms with Gasteiger partial charge in [-0.3, -0.25) is 9.78 Å². The van der Waals surface area contributed by atoms with Gasteiger partial charge >= 0.3 is 0 Å². The van der Waals surface area contributed by atoms with Crippen LogP contribution in [-0.2, 0) is 10.0 Å². The standard InChI is InChI=1S/C10H16N4O3S/c1-2-14-18(16,17)6-5-13-10(15)8-7-12-4-3-9(8)11/h3-4,7,14H,2,5-6H2,1H3,(H2,11,12)(H,13,15). The average molecular weight is 272 g/mol. The zero-order valence-electron chi connectivity index (χ0n) is 10.0. The van der Waals surface area contributed by atoms with Gasteiger partial charge in [-0.15, -0.1) is 0 Å². The van der Waals surface area contributed by atoms with Crippen LogP contribution in [0.25, 0.3) is 0 Å². The molecule has 0 bridgehead atoms. The van der Waals surface area contributed by atoms with Gasteiger partial charge in [0.15, 0.2) is 0 Å². The van der Waals surface area contributed by atoms with Gasteiger partial charge in [0.1, 0.15) is 0 Å². The molecule has 0 unspecified atom stereocenters. The van der Waals surface area contributed by atoms with Crippen LogP contribution >= 0.6 is 0 Å². The lowest BCUT2D eigenvalue weighted by Crippen LogP contribution is -2.34. The normalized spacial score (nSPS) is 11.2. The lowest BCUT2D eigenvalue weighted by atomic mass is 10.2. The van der Waals surface area contributed by atoms with Gasteiger partial charge in [0.2, 0.25) is 10.0 Å². The quantitative estimate of drug-likeness (QED) is 0.635. The van der Waals surface area contributed by atoms with E-state index < -0.39 is 15.9 Å². The van der Waals surface area contributed by atoms with Crippen LogP contribution in [0, 0.1) is 0 Å². The van der Waals surface area contributed by atoms with Crippen LogP contribution in [0.3, 0.4) is 0 Å². The number of nitrogens with one attached hydrogen (secondary N) is 2. The first-order valence-corrected chi connectivity index (χ1v) is 7.06. The molecule has 0 radical (unpaired) electrons. The summed E-state index contributed by atoms with van der Waals surface area (Å²) in [5.74, 6) is -0.612. The molecule has 18 heavy (non-hydrogen) atoms. The van der Waals surface area contributed by atoms with Gasteiger partial charge in [-0.25, -0.2) is 13.1 Å². The summed E-state index contributed by atoms with van der Waals surface area (Å²) in [5, 5.41) is 2.48. The lowest BCUT2D eigenvalue weighted by molar-refractivity contribution is 0.0956. The van der Waals surface area contributed by atoms with E-state index in [4.69, 9.17) is 5.73 Å². The van der Waals surface area contributed by atoms with Crippen molar-refractivity contribution < 1.29 is 13.2 Å². The molecule has 0 aliphatic carbocycles. The maximum Gasteiger partial charge on any atom is 0.254 e. The number of hydrogen-bond donors (Lipinski definition) is 3.